The van der Waals surface area contributed by atoms with Gasteiger partial charge in [-0.2, -0.15) is 11.8 Å². The number of halogens is 2. The molecule has 1 aliphatic heterocycles. The van der Waals surface area contributed by atoms with E-state index in [1.807, 2.05) is 55.7 Å². The Bertz CT molecular complexity index is 2000. The van der Waals surface area contributed by atoms with E-state index in [1.165, 1.54) is 0 Å². The van der Waals surface area contributed by atoms with Crippen LogP contribution in [-0.4, -0.2) is 119 Å². The van der Waals surface area contributed by atoms with Crippen molar-refractivity contribution in [3.05, 3.63) is 95.8 Å². The molecule has 0 spiro atoms. The van der Waals surface area contributed by atoms with Crippen LogP contribution in [0.15, 0.2) is 72.9 Å². The average molecular weight is 868 g/mol. The minimum absolute atomic E-state index is 0.0118. The number of nitrogens with one attached hydrogen (secondary N) is 1. The Balaban J connectivity index is 1.31. The van der Waals surface area contributed by atoms with Gasteiger partial charge in [0.05, 0.1) is 44.1 Å². The minimum Gasteiger partial charge on any atom is -0.481 e. The zero-order valence-electron chi connectivity index (χ0n) is 34.8. The largest absolute Gasteiger partial charge is 0.481 e. The summed E-state index contributed by atoms with van der Waals surface area (Å²) in [6.07, 6.45) is 4.18. The molecule has 14 nitrogen and oxygen atoms in total. The lowest BCUT2D eigenvalue weighted by Gasteiger charge is -2.41. The lowest BCUT2D eigenvalue weighted by atomic mass is 9.83. The molecule has 61 heavy (non-hydrogen) atoms. The van der Waals surface area contributed by atoms with Gasteiger partial charge in [-0.05, 0) is 48.2 Å². The number of carboxylic acids is 1. The van der Waals surface area contributed by atoms with Crippen LogP contribution in [0.3, 0.4) is 0 Å². The van der Waals surface area contributed by atoms with E-state index in [-0.39, 0.29) is 81.1 Å². The van der Waals surface area contributed by atoms with Crippen molar-refractivity contribution in [3.8, 4) is 11.1 Å². The monoisotopic (exact) mass is 867 g/mol. The molecule has 3 aromatic rings. The number of Topliss-reactive ketones (excluding diaryl/α,β-unsaturated/α-hetero) is 1. The molecule has 1 aromatic heterocycles. The molecule has 0 fully saturated rings. The normalized spacial score (nSPS) is 13.7. The van der Waals surface area contributed by atoms with Crippen molar-refractivity contribution < 1.29 is 52.1 Å². The number of nitrogens with two attached hydrogens (primary N) is 1. The van der Waals surface area contributed by atoms with Crippen molar-refractivity contribution in [2.75, 3.05) is 64.1 Å². The van der Waals surface area contributed by atoms with Crippen LogP contribution in [0, 0.1) is 23.0 Å². The molecule has 0 aliphatic carbocycles. The molecule has 2 heterocycles. The summed E-state index contributed by atoms with van der Waals surface area (Å²) in [4.78, 5) is 76.7. The number of ketones is 1. The number of nitrogens with zero attached hydrogens (tertiary/aromatic N) is 3. The molecule has 2 aromatic carbocycles. The molecular weight excluding hydrogens is 813 g/mol. The first kappa shape index (κ1) is 48.4. The molecule has 4 N–H and O–H groups in total. The second kappa shape index (κ2) is 23.7. The van der Waals surface area contributed by atoms with Gasteiger partial charge in [0.15, 0.2) is 0 Å². The molecule has 4 amide bonds. The highest BCUT2D eigenvalue weighted by atomic mass is 32.2. The van der Waals surface area contributed by atoms with E-state index < -0.39 is 52.7 Å². The highest BCUT2D eigenvalue weighted by Crippen LogP contribution is 2.41. The van der Waals surface area contributed by atoms with Crippen LogP contribution in [-0.2, 0) is 44.8 Å². The number of hydrogen-bond donors (Lipinski definition) is 3. The SMILES string of the molecule is CC(C)(C)[C@H](c1cc(-c2cc(F)ccc2F)cn1Cc1ccccc1)N(CCCN)C(=O)CSC[C@H](CC(=O)CCOCCOCCNC(=O)CN1C(=O)C=CC1=O)C(=O)O. The number of thioether (sulfide) groups is 1. The standard InChI is InChI=1S/C44H55F2N5O9S/c1-44(2,3)42(37-23-31(35-24-33(45)10-11-36(35)46)26-49(37)25-30-8-5-4-6-9-30)50(17-7-15-47)41(56)29-61-28-32(43(57)58)22-34(52)14-18-59-20-21-60-19-16-48-38(53)27-51-39(54)12-13-40(51)55/h4-6,8-13,23-24,26,32,42H,7,14-22,25,27-29,47H2,1-3H3,(H,48,53)(H,57,58)/t32-,42-/m0/s1. The summed E-state index contributed by atoms with van der Waals surface area (Å²) in [7, 11) is 0. The van der Waals surface area contributed by atoms with Crippen LogP contribution >= 0.6 is 11.8 Å². The third-order valence-corrected chi connectivity index (χ3v) is 10.8. The number of aliphatic carboxylic acids is 1. The van der Waals surface area contributed by atoms with Crippen molar-refractivity contribution >= 4 is 47.1 Å². The number of carbonyl (C=O) groups excluding carboxylic acids is 5. The van der Waals surface area contributed by atoms with Gasteiger partial charge in [-0.25, -0.2) is 8.78 Å². The number of amides is 4. The quantitative estimate of drug-likeness (QED) is 0.0755. The van der Waals surface area contributed by atoms with Crippen LogP contribution in [0.1, 0.15) is 57.3 Å². The van der Waals surface area contributed by atoms with Crippen LogP contribution in [0.25, 0.3) is 11.1 Å². The van der Waals surface area contributed by atoms with Crippen LogP contribution < -0.4 is 11.1 Å². The van der Waals surface area contributed by atoms with E-state index in [4.69, 9.17) is 15.2 Å². The van der Waals surface area contributed by atoms with Gasteiger partial charge in [0.1, 0.15) is 24.0 Å². The zero-order valence-corrected chi connectivity index (χ0v) is 35.6. The second-order valence-electron chi connectivity index (χ2n) is 15.6. The smallest absolute Gasteiger partial charge is 0.307 e. The fourth-order valence-electron chi connectivity index (χ4n) is 6.79. The predicted molar refractivity (Wildman–Crippen MR) is 226 cm³/mol. The highest BCUT2D eigenvalue weighted by molar-refractivity contribution is 7.99. The van der Waals surface area contributed by atoms with Gasteiger partial charge in [-0.1, -0.05) is 51.1 Å². The molecule has 2 atom stereocenters. The fraction of sp³-hybridized carbons (Fsp3) is 0.455. The number of ether oxygens (including phenoxy) is 2. The number of carboxylic acid groups (broad SMARTS) is 1. The molecule has 0 bridgehead atoms. The molecule has 17 heteroatoms. The Morgan fingerprint density at radius 3 is 2.30 bits per heavy atom. The Morgan fingerprint density at radius 2 is 1.64 bits per heavy atom. The maximum absolute atomic E-state index is 15.1. The highest BCUT2D eigenvalue weighted by Gasteiger charge is 2.37. The Labute approximate surface area is 358 Å². The van der Waals surface area contributed by atoms with Crippen LogP contribution in [0.2, 0.25) is 0 Å². The van der Waals surface area contributed by atoms with Crippen molar-refractivity contribution in [3.63, 3.8) is 0 Å². The summed E-state index contributed by atoms with van der Waals surface area (Å²) in [5, 5.41) is 12.5. The van der Waals surface area contributed by atoms with Gasteiger partial charge in [-0.15, -0.1) is 0 Å². The molecule has 0 saturated heterocycles. The second-order valence-corrected chi connectivity index (χ2v) is 16.6. The Hall–Kier alpha value is -5.23. The molecule has 1 aliphatic rings. The van der Waals surface area contributed by atoms with Gasteiger partial charge in [0.2, 0.25) is 11.8 Å². The van der Waals surface area contributed by atoms with E-state index in [0.29, 0.717) is 37.3 Å². The van der Waals surface area contributed by atoms with Gasteiger partial charge < -0.3 is 35.1 Å². The third-order valence-electron chi connectivity index (χ3n) is 9.74. The molecule has 0 unspecified atom stereocenters. The van der Waals surface area contributed by atoms with E-state index >= 15 is 4.39 Å². The molecular formula is C44H55F2N5O9S. The maximum Gasteiger partial charge on any atom is 0.307 e. The topological polar surface area (TPSA) is 191 Å². The minimum atomic E-state index is -1.16. The van der Waals surface area contributed by atoms with Crippen molar-refractivity contribution in [1.29, 1.82) is 0 Å². The molecule has 4 rings (SSSR count). The maximum atomic E-state index is 15.1. The summed E-state index contributed by atoms with van der Waals surface area (Å²) in [5.41, 5.74) is 7.60. The lowest BCUT2D eigenvalue weighted by Crippen LogP contribution is -2.44. The number of carbonyl (C=O) groups is 6. The molecule has 0 radical (unpaired) electrons. The van der Waals surface area contributed by atoms with Crippen LogP contribution in [0.5, 0.6) is 0 Å². The van der Waals surface area contributed by atoms with Crippen LogP contribution in [0.4, 0.5) is 8.78 Å². The summed E-state index contributed by atoms with van der Waals surface area (Å²) in [5.74, 6) is -5.59. The lowest BCUT2D eigenvalue weighted by molar-refractivity contribution is -0.143. The fourth-order valence-corrected chi connectivity index (χ4v) is 7.80. The Morgan fingerprint density at radius 1 is 0.951 bits per heavy atom. The zero-order chi connectivity index (χ0) is 44.5. The van der Waals surface area contributed by atoms with E-state index in [2.05, 4.69) is 5.32 Å². The summed E-state index contributed by atoms with van der Waals surface area (Å²) < 4.78 is 42.3. The first-order chi connectivity index (χ1) is 29.1. The number of hydrogen-bond acceptors (Lipinski definition) is 10. The van der Waals surface area contributed by atoms with E-state index in [1.54, 1.807) is 17.2 Å². The number of rotatable bonds is 26. The number of aromatic nitrogens is 1. The van der Waals surface area contributed by atoms with Crippen molar-refractivity contribution in [2.45, 2.75) is 52.6 Å². The van der Waals surface area contributed by atoms with Gasteiger partial charge in [0.25, 0.3) is 11.8 Å². The van der Waals surface area contributed by atoms with E-state index in [0.717, 1.165) is 52.6 Å². The van der Waals surface area contributed by atoms with Gasteiger partial charge in [-0.3, -0.25) is 33.7 Å². The summed E-state index contributed by atoms with van der Waals surface area (Å²) in [6, 6.07) is 14.2. The first-order valence-corrected chi connectivity index (χ1v) is 21.2. The van der Waals surface area contributed by atoms with Gasteiger partial charge >= 0.3 is 5.97 Å². The predicted octanol–water partition coefficient (Wildman–Crippen LogP) is 4.60. The number of imide groups is 1. The van der Waals surface area contributed by atoms with E-state index in [9.17, 15) is 38.3 Å². The average Bonchev–Trinajstić information content (AvgIpc) is 3.76. The number of benzene rings is 2. The van der Waals surface area contributed by atoms with Crippen molar-refractivity contribution in [1.82, 2.24) is 19.7 Å². The third kappa shape index (κ3) is 15.0. The van der Waals surface area contributed by atoms with Gasteiger partial charge in [0, 0.05) is 73.4 Å². The summed E-state index contributed by atoms with van der Waals surface area (Å²) >= 11 is 1.13. The summed E-state index contributed by atoms with van der Waals surface area (Å²) in [6.45, 7) is 7.27. The first-order valence-electron chi connectivity index (χ1n) is 20.1. The Kier molecular flexibility index (Phi) is 18.8. The molecule has 330 valence electrons. The molecule has 0 saturated carbocycles. The van der Waals surface area contributed by atoms with Crippen molar-refractivity contribution in [2.24, 2.45) is 17.1 Å².